The van der Waals surface area contributed by atoms with Gasteiger partial charge in [-0.2, -0.15) is 0 Å². The molecule has 0 spiro atoms. The van der Waals surface area contributed by atoms with Gasteiger partial charge in [0, 0.05) is 23.6 Å². The molecular weight excluding hydrogens is 397 g/mol. The Morgan fingerprint density at radius 2 is 1.80 bits per heavy atom. The Balaban J connectivity index is 1.56. The quantitative estimate of drug-likeness (QED) is 0.519. The van der Waals surface area contributed by atoms with E-state index in [1.165, 1.54) is 12.1 Å². The number of amides is 1. The minimum Gasteiger partial charge on any atom is -0.406 e. The maximum atomic E-state index is 12.6. The number of benzene rings is 2. The maximum absolute atomic E-state index is 12.6. The van der Waals surface area contributed by atoms with Crippen LogP contribution in [-0.2, 0) is 11.3 Å². The number of nitrogens with zero attached hydrogens (tertiary/aromatic N) is 3. The smallest absolute Gasteiger partial charge is 0.406 e. The molecule has 2 aromatic heterocycles. The molecule has 2 heterocycles. The highest BCUT2D eigenvalue weighted by atomic mass is 19.4. The molecule has 4 rings (SSSR count). The highest BCUT2D eigenvalue weighted by Crippen LogP contribution is 2.26. The number of alkyl halides is 3. The summed E-state index contributed by atoms with van der Waals surface area (Å²) in [6.45, 7) is -0.0362. The van der Waals surface area contributed by atoms with Gasteiger partial charge in [0.15, 0.2) is 0 Å². The number of anilines is 1. The van der Waals surface area contributed by atoms with Gasteiger partial charge in [-0.1, -0.05) is 12.1 Å². The summed E-state index contributed by atoms with van der Waals surface area (Å²) in [5.41, 5.74) is 2.62. The molecule has 4 aromatic rings. The number of halogens is 3. The van der Waals surface area contributed by atoms with E-state index in [0.29, 0.717) is 11.5 Å². The van der Waals surface area contributed by atoms with Crippen molar-refractivity contribution < 1.29 is 22.7 Å². The fraction of sp³-hybridized carbons (Fsp3) is 0.0952. The number of nitrogens with one attached hydrogen (secondary N) is 1. The van der Waals surface area contributed by atoms with Crippen molar-refractivity contribution in [1.82, 2.24) is 14.5 Å². The SMILES string of the molecule is O=C(Cn1c(-c2cccnc2)nc2ccccc21)Nc1ccc(OC(F)(F)F)cc1. The summed E-state index contributed by atoms with van der Waals surface area (Å²) < 4.78 is 42.4. The molecule has 0 fully saturated rings. The van der Waals surface area contributed by atoms with E-state index in [1.54, 1.807) is 23.0 Å². The second-order valence-electron chi connectivity index (χ2n) is 6.37. The van der Waals surface area contributed by atoms with E-state index in [9.17, 15) is 18.0 Å². The van der Waals surface area contributed by atoms with E-state index in [2.05, 4.69) is 20.0 Å². The van der Waals surface area contributed by atoms with Gasteiger partial charge in [0.1, 0.15) is 18.1 Å². The minimum atomic E-state index is -4.77. The van der Waals surface area contributed by atoms with Gasteiger partial charge < -0.3 is 14.6 Å². The number of ether oxygens (including phenoxy) is 1. The predicted octanol–water partition coefficient (Wildman–Crippen LogP) is 4.64. The molecule has 6 nitrogen and oxygen atoms in total. The Hall–Kier alpha value is -3.88. The van der Waals surface area contributed by atoms with Gasteiger partial charge in [-0.25, -0.2) is 4.98 Å². The highest BCUT2D eigenvalue weighted by Gasteiger charge is 2.31. The van der Waals surface area contributed by atoms with Crippen LogP contribution in [-0.4, -0.2) is 26.8 Å². The van der Waals surface area contributed by atoms with E-state index in [4.69, 9.17) is 0 Å². The zero-order chi connectivity index (χ0) is 21.1. The summed E-state index contributed by atoms with van der Waals surface area (Å²) in [6.07, 6.45) is -1.46. The van der Waals surface area contributed by atoms with Crippen LogP contribution in [0.4, 0.5) is 18.9 Å². The van der Waals surface area contributed by atoms with Gasteiger partial charge in [-0.05, 0) is 48.5 Å². The lowest BCUT2D eigenvalue weighted by atomic mass is 10.2. The number of para-hydroxylation sites is 2. The Kier molecular flexibility index (Phi) is 5.09. The van der Waals surface area contributed by atoms with Crippen molar-refractivity contribution in [2.75, 3.05) is 5.32 Å². The van der Waals surface area contributed by atoms with Crippen molar-refractivity contribution in [3.63, 3.8) is 0 Å². The molecule has 0 aliphatic heterocycles. The van der Waals surface area contributed by atoms with Crippen molar-refractivity contribution in [1.29, 1.82) is 0 Å². The number of rotatable bonds is 5. The van der Waals surface area contributed by atoms with Crippen LogP contribution in [0.1, 0.15) is 0 Å². The van der Waals surface area contributed by atoms with E-state index in [-0.39, 0.29) is 18.2 Å². The van der Waals surface area contributed by atoms with Crippen LogP contribution in [0.15, 0.2) is 73.1 Å². The van der Waals surface area contributed by atoms with Gasteiger partial charge in [-0.15, -0.1) is 13.2 Å². The summed E-state index contributed by atoms with van der Waals surface area (Å²) >= 11 is 0. The normalized spacial score (nSPS) is 11.4. The van der Waals surface area contributed by atoms with Crippen LogP contribution < -0.4 is 10.1 Å². The molecule has 9 heteroatoms. The molecule has 0 aliphatic rings. The van der Waals surface area contributed by atoms with Crippen LogP contribution in [0.2, 0.25) is 0 Å². The van der Waals surface area contributed by atoms with Gasteiger partial charge >= 0.3 is 6.36 Å². The summed E-state index contributed by atoms with van der Waals surface area (Å²) in [4.78, 5) is 21.3. The Labute approximate surface area is 169 Å². The third kappa shape index (κ3) is 4.40. The topological polar surface area (TPSA) is 69.0 Å². The molecule has 1 N–H and O–H groups in total. The first-order chi connectivity index (χ1) is 14.4. The molecule has 0 unspecified atom stereocenters. The summed E-state index contributed by atoms with van der Waals surface area (Å²) in [7, 11) is 0. The largest absolute Gasteiger partial charge is 0.573 e. The van der Waals surface area contributed by atoms with Crippen molar-refractivity contribution >= 4 is 22.6 Å². The average molecular weight is 412 g/mol. The second kappa shape index (κ2) is 7.86. The zero-order valence-corrected chi connectivity index (χ0v) is 15.4. The molecule has 1 amide bonds. The molecule has 0 saturated carbocycles. The minimum absolute atomic E-state index is 0.0362. The molecule has 0 aliphatic carbocycles. The summed E-state index contributed by atoms with van der Waals surface area (Å²) in [6, 6.07) is 16.0. The van der Waals surface area contributed by atoms with E-state index in [1.807, 2.05) is 30.3 Å². The van der Waals surface area contributed by atoms with E-state index >= 15 is 0 Å². The number of carbonyl (C=O) groups excluding carboxylic acids is 1. The molecule has 0 bridgehead atoms. The third-order valence-corrected chi connectivity index (χ3v) is 4.25. The Morgan fingerprint density at radius 3 is 2.50 bits per heavy atom. The number of hydrogen-bond acceptors (Lipinski definition) is 4. The zero-order valence-electron chi connectivity index (χ0n) is 15.4. The van der Waals surface area contributed by atoms with Gasteiger partial charge in [0.05, 0.1) is 11.0 Å². The number of imidazole rings is 1. The van der Waals surface area contributed by atoms with Gasteiger partial charge in [0.2, 0.25) is 5.91 Å². The predicted molar refractivity (Wildman–Crippen MR) is 105 cm³/mol. The molecule has 2 aromatic carbocycles. The maximum Gasteiger partial charge on any atom is 0.573 e. The number of pyridine rings is 1. The highest BCUT2D eigenvalue weighted by molar-refractivity contribution is 5.92. The molecular formula is C21H15F3N4O2. The van der Waals surface area contributed by atoms with Crippen molar-refractivity contribution in [3.8, 4) is 17.1 Å². The molecule has 0 saturated heterocycles. The van der Waals surface area contributed by atoms with Crippen LogP contribution in [0, 0.1) is 0 Å². The first-order valence-electron chi connectivity index (χ1n) is 8.90. The second-order valence-corrected chi connectivity index (χ2v) is 6.37. The number of aromatic nitrogens is 3. The first-order valence-corrected chi connectivity index (χ1v) is 8.90. The molecule has 0 atom stereocenters. The number of fused-ring (bicyclic) bond motifs is 1. The molecule has 0 radical (unpaired) electrons. The van der Waals surface area contributed by atoms with E-state index < -0.39 is 6.36 Å². The fourth-order valence-electron chi connectivity index (χ4n) is 3.04. The lowest BCUT2D eigenvalue weighted by Gasteiger charge is -2.11. The van der Waals surface area contributed by atoms with Crippen molar-refractivity contribution in [3.05, 3.63) is 73.1 Å². The lowest BCUT2D eigenvalue weighted by Crippen LogP contribution is -2.19. The van der Waals surface area contributed by atoms with Crippen LogP contribution in [0.25, 0.3) is 22.4 Å². The van der Waals surface area contributed by atoms with Crippen LogP contribution in [0.5, 0.6) is 5.75 Å². The molecule has 30 heavy (non-hydrogen) atoms. The van der Waals surface area contributed by atoms with Gasteiger partial charge in [0.25, 0.3) is 0 Å². The van der Waals surface area contributed by atoms with E-state index in [0.717, 1.165) is 28.7 Å². The van der Waals surface area contributed by atoms with Gasteiger partial charge in [-0.3, -0.25) is 9.78 Å². The standard InChI is InChI=1S/C21H15F3N4O2/c22-21(23,24)30-16-9-7-15(8-10-16)26-19(29)13-28-18-6-2-1-5-17(18)27-20(28)14-4-3-11-25-12-14/h1-12H,13H2,(H,26,29). The summed E-state index contributed by atoms with van der Waals surface area (Å²) in [5, 5.41) is 2.67. The third-order valence-electron chi connectivity index (χ3n) is 4.25. The van der Waals surface area contributed by atoms with Crippen molar-refractivity contribution in [2.45, 2.75) is 12.9 Å². The number of carbonyl (C=O) groups is 1. The van der Waals surface area contributed by atoms with Crippen LogP contribution in [0.3, 0.4) is 0 Å². The Morgan fingerprint density at radius 1 is 1.03 bits per heavy atom. The average Bonchev–Trinajstić information content (AvgIpc) is 3.07. The first kappa shape index (κ1) is 19.4. The summed E-state index contributed by atoms with van der Waals surface area (Å²) in [5.74, 6) is -0.124. The fourth-order valence-corrected chi connectivity index (χ4v) is 3.04. The van der Waals surface area contributed by atoms with Crippen molar-refractivity contribution in [2.24, 2.45) is 0 Å². The number of hydrogen-bond donors (Lipinski definition) is 1. The molecule has 152 valence electrons. The van der Waals surface area contributed by atoms with Crippen LogP contribution >= 0.6 is 0 Å². The lowest BCUT2D eigenvalue weighted by molar-refractivity contribution is -0.274. The monoisotopic (exact) mass is 412 g/mol. The Bertz CT molecular complexity index is 1170.